The molecule has 0 spiro atoms. The molecule has 0 atom stereocenters. The second-order valence-corrected chi connectivity index (χ2v) is 7.60. The first-order chi connectivity index (χ1) is 13.8. The van der Waals surface area contributed by atoms with E-state index >= 15 is 0 Å². The van der Waals surface area contributed by atoms with Gasteiger partial charge in [-0.3, -0.25) is 5.43 Å². The summed E-state index contributed by atoms with van der Waals surface area (Å²) in [6, 6.07) is 15.0. The molecule has 4 nitrogen and oxygen atoms in total. The summed E-state index contributed by atoms with van der Waals surface area (Å²) in [4.78, 5) is 4.45. The fraction of sp³-hybridized carbons (Fsp3) is 0.143. The smallest absolute Gasteiger partial charge is 0.318 e. The number of aromatic nitrogens is 2. The monoisotopic (exact) mass is 414 g/mol. The van der Waals surface area contributed by atoms with Crippen LogP contribution in [0.25, 0.3) is 15.9 Å². The number of fused-ring (bicyclic) bond motifs is 1. The third kappa shape index (κ3) is 3.88. The Labute approximate surface area is 169 Å². The number of thiazole rings is 1. The van der Waals surface area contributed by atoms with E-state index < -0.39 is 11.7 Å². The Balaban J connectivity index is 1.59. The lowest BCUT2D eigenvalue weighted by atomic mass is 10.2. The standard InChI is InChI=1S/C21H17F3N4S/c1-13-10-15(12-25-27-20-26-18-8-3-4-9-19(18)29-20)14(2)28(13)17-7-5-6-16(11-17)21(22,23)24/h3-12H,1-2H3,(H,26,27)/b25-12+. The number of halogens is 3. The van der Waals surface area contributed by atoms with E-state index in [1.165, 1.54) is 17.4 Å². The van der Waals surface area contributed by atoms with Crippen molar-refractivity contribution in [2.75, 3.05) is 5.43 Å². The van der Waals surface area contributed by atoms with Gasteiger partial charge in [-0.2, -0.15) is 18.3 Å². The van der Waals surface area contributed by atoms with Gasteiger partial charge in [0, 0.05) is 22.6 Å². The van der Waals surface area contributed by atoms with Crippen molar-refractivity contribution in [1.82, 2.24) is 9.55 Å². The topological polar surface area (TPSA) is 42.2 Å². The van der Waals surface area contributed by atoms with Crippen molar-refractivity contribution in [3.8, 4) is 5.69 Å². The summed E-state index contributed by atoms with van der Waals surface area (Å²) in [6.07, 6.45) is -2.73. The van der Waals surface area contributed by atoms with Crippen molar-refractivity contribution >= 4 is 32.9 Å². The number of benzene rings is 2. The number of rotatable bonds is 4. The van der Waals surface area contributed by atoms with Crippen LogP contribution >= 0.6 is 11.3 Å². The maximum atomic E-state index is 13.1. The van der Waals surface area contributed by atoms with Gasteiger partial charge in [-0.25, -0.2) is 4.98 Å². The van der Waals surface area contributed by atoms with E-state index in [1.807, 2.05) is 44.2 Å². The Bertz CT molecular complexity index is 1170. The molecule has 4 rings (SSSR count). The molecule has 0 radical (unpaired) electrons. The summed E-state index contributed by atoms with van der Waals surface area (Å²) in [7, 11) is 0. The number of nitrogens with one attached hydrogen (secondary N) is 1. The number of aryl methyl sites for hydroxylation is 1. The fourth-order valence-electron chi connectivity index (χ4n) is 3.21. The molecule has 1 N–H and O–H groups in total. The maximum Gasteiger partial charge on any atom is 0.416 e. The third-order valence-electron chi connectivity index (χ3n) is 4.56. The van der Waals surface area contributed by atoms with Crippen molar-refractivity contribution in [2.24, 2.45) is 5.10 Å². The molecule has 0 saturated carbocycles. The molecule has 0 fully saturated rings. The number of hydrogen-bond acceptors (Lipinski definition) is 4. The lowest BCUT2D eigenvalue weighted by Gasteiger charge is -2.13. The number of para-hydroxylation sites is 1. The van der Waals surface area contributed by atoms with Crippen molar-refractivity contribution in [3.63, 3.8) is 0 Å². The zero-order valence-corrected chi connectivity index (χ0v) is 16.5. The Morgan fingerprint density at radius 3 is 2.62 bits per heavy atom. The Kier molecular flexibility index (Phi) is 4.87. The van der Waals surface area contributed by atoms with Crippen LogP contribution in [0.4, 0.5) is 18.3 Å². The summed E-state index contributed by atoms with van der Waals surface area (Å²) in [5, 5.41) is 4.93. The second-order valence-electron chi connectivity index (χ2n) is 6.57. The summed E-state index contributed by atoms with van der Waals surface area (Å²) < 4.78 is 42.0. The molecule has 2 aromatic heterocycles. The van der Waals surface area contributed by atoms with E-state index in [9.17, 15) is 13.2 Å². The van der Waals surface area contributed by atoms with E-state index in [0.29, 0.717) is 10.8 Å². The SMILES string of the molecule is Cc1cc(/C=N/Nc2nc3ccccc3s2)c(C)n1-c1cccc(C(F)(F)F)c1. The van der Waals surface area contributed by atoms with Gasteiger partial charge in [0.15, 0.2) is 0 Å². The largest absolute Gasteiger partial charge is 0.416 e. The first-order valence-electron chi connectivity index (χ1n) is 8.84. The van der Waals surface area contributed by atoms with Crippen LogP contribution in [0, 0.1) is 13.8 Å². The van der Waals surface area contributed by atoms with Crippen LogP contribution in [-0.2, 0) is 6.18 Å². The summed E-state index contributed by atoms with van der Waals surface area (Å²) in [5.41, 5.74) is 6.06. The zero-order valence-electron chi connectivity index (χ0n) is 15.7. The molecular formula is C21H17F3N4S. The molecule has 0 aliphatic carbocycles. The summed E-state index contributed by atoms with van der Waals surface area (Å²) in [6.45, 7) is 3.71. The summed E-state index contributed by atoms with van der Waals surface area (Å²) in [5.74, 6) is 0. The van der Waals surface area contributed by atoms with Gasteiger partial charge in [-0.05, 0) is 50.2 Å². The van der Waals surface area contributed by atoms with Crippen LogP contribution in [-0.4, -0.2) is 15.8 Å². The number of alkyl halides is 3. The van der Waals surface area contributed by atoms with Crippen LogP contribution < -0.4 is 5.43 Å². The number of nitrogens with zero attached hydrogens (tertiary/aromatic N) is 3. The Hall–Kier alpha value is -3.13. The molecule has 0 saturated heterocycles. The second kappa shape index (κ2) is 7.36. The molecular weight excluding hydrogens is 397 g/mol. The highest BCUT2D eigenvalue weighted by Gasteiger charge is 2.30. The minimum Gasteiger partial charge on any atom is -0.318 e. The molecule has 0 unspecified atom stereocenters. The van der Waals surface area contributed by atoms with Crippen molar-refractivity contribution in [2.45, 2.75) is 20.0 Å². The maximum absolute atomic E-state index is 13.1. The van der Waals surface area contributed by atoms with Crippen LogP contribution in [0.15, 0.2) is 59.7 Å². The lowest BCUT2D eigenvalue weighted by Crippen LogP contribution is -2.07. The molecule has 0 bridgehead atoms. The van der Waals surface area contributed by atoms with E-state index in [4.69, 9.17) is 0 Å². The van der Waals surface area contributed by atoms with Crippen LogP contribution in [0.5, 0.6) is 0 Å². The molecule has 29 heavy (non-hydrogen) atoms. The first kappa shape index (κ1) is 19.2. The quantitative estimate of drug-likeness (QED) is 0.321. The average molecular weight is 414 g/mol. The predicted molar refractivity (Wildman–Crippen MR) is 111 cm³/mol. The van der Waals surface area contributed by atoms with Crippen LogP contribution in [0.1, 0.15) is 22.5 Å². The highest BCUT2D eigenvalue weighted by atomic mass is 32.1. The average Bonchev–Trinajstić information content (AvgIpc) is 3.21. The van der Waals surface area contributed by atoms with Gasteiger partial charge in [0.25, 0.3) is 0 Å². The minimum atomic E-state index is -4.38. The van der Waals surface area contributed by atoms with Crippen molar-refractivity contribution in [3.05, 3.63) is 77.1 Å². The van der Waals surface area contributed by atoms with E-state index in [-0.39, 0.29) is 0 Å². The number of hydrogen-bond donors (Lipinski definition) is 1. The molecule has 0 aliphatic heterocycles. The third-order valence-corrected chi connectivity index (χ3v) is 5.50. The number of hydrazone groups is 1. The Morgan fingerprint density at radius 1 is 1.07 bits per heavy atom. The predicted octanol–water partition coefficient (Wildman–Crippen LogP) is 6.17. The fourth-order valence-corrected chi connectivity index (χ4v) is 4.03. The lowest BCUT2D eigenvalue weighted by molar-refractivity contribution is -0.137. The molecule has 0 aliphatic rings. The normalized spacial score (nSPS) is 12.2. The molecule has 8 heteroatoms. The van der Waals surface area contributed by atoms with Crippen molar-refractivity contribution in [1.29, 1.82) is 0 Å². The highest BCUT2D eigenvalue weighted by molar-refractivity contribution is 7.22. The summed E-state index contributed by atoms with van der Waals surface area (Å²) >= 11 is 1.50. The van der Waals surface area contributed by atoms with Gasteiger partial charge in [0.1, 0.15) is 0 Å². The van der Waals surface area contributed by atoms with Crippen molar-refractivity contribution < 1.29 is 13.2 Å². The molecule has 0 amide bonds. The van der Waals surface area contributed by atoms with E-state index in [1.54, 1.807) is 16.8 Å². The van der Waals surface area contributed by atoms with Gasteiger partial charge < -0.3 is 4.57 Å². The number of anilines is 1. The molecule has 4 aromatic rings. The van der Waals surface area contributed by atoms with Gasteiger partial charge in [0.05, 0.1) is 22.0 Å². The van der Waals surface area contributed by atoms with Gasteiger partial charge in [-0.15, -0.1) is 0 Å². The first-order valence-corrected chi connectivity index (χ1v) is 9.66. The van der Waals surface area contributed by atoms with Crippen LogP contribution in [0.3, 0.4) is 0 Å². The van der Waals surface area contributed by atoms with E-state index in [2.05, 4.69) is 15.5 Å². The van der Waals surface area contributed by atoms with Gasteiger partial charge >= 0.3 is 6.18 Å². The van der Waals surface area contributed by atoms with Crippen LogP contribution in [0.2, 0.25) is 0 Å². The Morgan fingerprint density at radius 2 is 1.86 bits per heavy atom. The van der Waals surface area contributed by atoms with Gasteiger partial charge in [-0.1, -0.05) is 29.5 Å². The highest BCUT2D eigenvalue weighted by Crippen LogP contribution is 2.31. The van der Waals surface area contributed by atoms with Gasteiger partial charge in [0.2, 0.25) is 5.13 Å². The zero-order chi connectivity index (χ0) is 20.6. The molecule has 2 aromatic carbocycles. The molecule has 2 heterocycles. The van der Waals surface area contributed by atoms with E-state index in [0.717, 1.165) is 39.3 Å². The molecule has 148 valence electrons. The minimum absolute atomic E-state index is 0.466.